The van der Waals surface area contributed by atoms with E-state index in [9.17, 15) is 43.5 Å². The number of carbonyl (C=O) groups is 3. The van der Waals surface area contributed by atoms with Gasteiger partial charge in [0.25, 0.3) is 0 Å². The quantitative estimate of drug-likeness (QED) is 0.0146. The fourth-order valence-electron chi connectivity index (χ4n) is 9.63. The number of ether oxygens (including phenoxy) is 3. The minimum Gasteiger partial charge on any atom is -0.463 e. The first kappa shape index (κ1) is 87.7. The largest absolute Gasteiger partial charge is 0.472 e. The summed E-state index contributed by atoms with van der Waals surface area (Å²) in [7, 11) is -9.76. The van der Waals surface area contributed by atoms with Crippen LogP contribution < -0.4 is 0 Å². The SMILES string of the molecule is CC/C=C\C/C=C\C/C=C\C/C=C\C/C=C\C/C=C\CCCCCCCCCCCCC(=O)OCC(O)COP(=O)(O)OCC(O)COP(=O)(O)OCC(COC(=O)CCCCCCC/C=C\CCCCCC)OC(=O)CCCCCCCCCCCCCCC. The molecule has 0 aromatic heterocycles. The lowest BCUT2D eigenvalue weighted by Crippen LogP contribution is -2.30. The van der Waals surface area contributed by atoms with E-state index in [1.54, 1.807) is 0 Å². The Morgan fingerprint density at radius 3 is 0.945 bits per heavy atom. The molecule has 0 heterocycles. The molecule has 16 nitrogen and oxygen atoms in total. The predicted molar refractivity (Wildman–Crippen MR) is 371 cm³/mol. The van der Waals surface area contributed by atoms with Crippen LogP contribution in [0.3, 0.4) is 0 Å². The zero-order valence-corrected chi connectivity index (χ0v) is 59.0. The molecule has 4 N–H and O–H groups in total. The summed E-state index contributed by atoms with van der Waals surface area (Å²) in [4.78, 5) is 58.3. The number of phosphoric ester groups is 2. The fraction of sp³-hybridized carbons (Fsp3) is 0.767. The maximum Gasteiger partial charge on any atom is 0.472 e. The van der Waals surface area contributed by atoms with Gasteiger partial charge in [-0.15, -0.1) is 0 Å². The van der Waals surface area contributed by atoms with E-state index in [1.807, 2.05) is 0 Å². The molecule has 0 bridgehead atoms. The summed E-state index contributed by atoms with van der Waals surface area (Å²) < 4.78 is 60.9. The van der Waals surface area contributed by atoms with Crippen LogP contribution in [0, 0.1) is 0 Å². The van der Waals surface area contributed by atoms with E-state index in [2.05, 4.69) is 106 Å². The van der Waals surface area contributed by atoms with E-state index in [0.29, 0.717) is 19.3 Å². The molecule has 0 saturated heterocycles. The minimum atomic E-state index is -4.92. The number of rotatable bonds is 68. The van der Waals surface area contributed by atoms with Crippen molar-refractivity contribution >= 4 is 33.6 Å². The summed E-state index contributed by atoms with van der Waals surface area (Å²) in [5, 5.41) is 20.6. The average Bonchev–Trinajstić information content (AvgIpc) is 3.56. The van der Waals surface area contributed by atoms with Crippen molar-refractivity contribution in [3.8, 4) is 0 Å². The van der Waals surface area contributed by atoms with Crippen LogP contribution in [0.1, 0.15) is 303 Å². The third kappa shape index (κ3) is 67.9. The van der Waals surface area contributed by atoms with Gasteiger partial charge in [0.05, 0.1) is 26.4 Å². The second kappa shape index (κ2) is 66.7. The van der Waals surface area contributed by atoms with Crippen molar-refractivity contribution in [2.45, 2.75) is 322 Å². The molecule has 0 aliphatic carbocycles. The third-order valence-corrected chi connectivity index (χ3v) is 17.0. The highest BCUT2D eigenvalue weighted by Gasteiger charge is 2.29. The zero-order valence-electron chi connectivity index (χ0n) is 57.3. The number of allylic oxidation sites excluding steroid dienone is 14. The van der Waals surface area contributed by atoms with Crippen LogP contribution in [-0.2, 0) is 55.8 Å². The van der Waals surface area contributed by atoms with Crippen LogP contribution in [0.15, 0.2) is 85.1 Å². The summed E-state index contributed by atoms with van der Waals surface area (Å²) in [5.74, 6) is -1.58. The first-order valence-electron chi connectivity index (χ1n) is 35.9. The highest BCUT2D eigenvalue weighted by atomic mass is 31.2. The number of phosphoric acid groups is 2. The average molecular weight is 1330 g/mol. The summed E-state index contributed by atoms with van der Waals surface area (Å²) >= 11 is 0. The summed E-state index contributed by atoms with van der Waals surface area (Å²) in [5.41, 5.74) is 0. The molecule has 0 rings (SSSR count). The van der Waals surface area contributed by atoms with Crippen molar-refractivity contribution in [1.82, 2.24) is 0 Å². The molecule has 0 aromatic carbocycles. The number of esters is 3. The molecular weight excluding hydrogens is 1190 g/mol. The molecule has 528 valence electrons. The van der Waals surface area contributed by atoms with Gasteiger partial charge < -0.3 is 34.2 Å². The number of hydrogen-bond acceptors (Lipinski definition) is 14. The molecule has 0 amide bonds. The first-order chi connectivity index (χ1) is 44.2. The summed E-state index contributed by atoms with van der Waals surface area (Å²) in [6.45, 7) is 2.55. The number of unbranched alkanes of at least 4 members (excludes halogenated alkanes) is 31. The van der Waals surface area contributed by atoms with Crippen LogP contribution in [0.4, 0.5) is 0 Å². The standard InChI is InChI=1S/C73H130O16P2/c1-4-7-10-13-16-19-22-25-26-27-28-29-30-31-32-33-34-35-36-37-38-39-40-43-45-47-50-53-56-59-71(76)83-62-68(74)63-85-90(79,80)86-64-69(75)65-87-91(81,82)88-67-70(89-73(78)61-58-55-52-49-46-42-24-21-18-15-12-9-6-3)66-84-72(77)60-57-54-51-48-44-41-23-20-17-14-11-8-5-2/h7,10,16,19-20,23,25-26,28-29,31-32,34-35,68-70,74-75H,4-6,8-9,11-15,17-18,21-22,24,27,30,33,36-67H2,1-3H3,(H,79,80)(H,81,82)/b10-7-,19-16-,23-20-,26-25-,29-28-,32-31-,35-34-. The highest BCUT2D eigenvalue weighted by Crippen LogP contribution is 2.45. The minimum absolute atomic E-state index is 0.108. The molecule has 91 heavy (non-hydrogen) atoms. The molecule has 0 spiro atoms. The van der Waals surface area contributed by atoms with Crippen LogP contribution in [-0.4, -0.2) is 95.9 Å². The Balaban J connectivity index is 4.43. The Bertz CT molecular complexity index is 2000. The molecule has 5 unspecified atom stereocenters. The van der Waals surface area contributed by atoms with Crippen molar-refractivity contribution in [2.24, 2.45) is 0 Å². The molecule has 0 aliphatic rings. The van der Waals surface area contributed by atoms with Crippen molar-refractivity contribution in [1.29, 1.82) is 0 Å². The summed E-state index contributed by atoms with van der Waals surface area (Å²) in [6, 6.07) is 0. The van der Waals surface area contributed by atoms with Crippen LogP contribution >= 0.6 is 15.6 Å². The van der Waals surface area contributed by atoms with Crippen molar-refractivity contribution in [3.63, 3.8) is 0 Å². The molecule has 18 heteroatoms. The van der Waals surface area contributed by atoms with E-state index >= 15 is 0 Å². The first-order valence-corrected chi connectivity index (χ1v) is 38.9. The second-order valence-corrected chi connectivity index (χ2v) is 26.9. The number of hydrogen-bond donors (Lipinski definition) is 4. The van der Waals surface area contributed by atoms with E-state index < -0.39 is 91.5 Å². The molecule has 0 radical (unpaired) electrons. The summed E-state index contributed by atoms with van der Waals surface area (Å²) in [6.07, 6.45) is 72.2. The van der Waals surface area contributed by atoms with Gasteiger partial charge >= 0.3 is 33.6 Å². The van der Waals surface area contributed by atoms with Crippen molar-refractivity contribution in [2.75, 3.05) is 39.6 Å². The maximum absolute atomic E-state index is 12.9. The zero-order chi connectivity index (χ0) is 66.7. The number of aliphatic hydroxyl groups excluding tert-OH is 2. The topological polar surface area (TPSA) is 231 Å². The van der Waals surface area contributed by atoms with Gasteiger partial charge in [-0.05, 0) is 96.3 Å². The van der Waals surface area contributed by atoms with Crippen LogP contribution in [0.2, 0.25) is 0 Å². The van der Waals surface area contributed by atoms with Gasteiger partial charge in [-0.3, -0.25) is 32.5 Å². The van der Waals surface area contributed by atoms with Gasteiger partial charge in [0, 0.05) is 19.3 Å². The maximum atomic E-state index is 12.9. The fourth-order valence-corrected chi connectivity index (χ4v) is 11.2. The molecule has 0 fully saturated rings. The third-order valence-electron chi connectivity index (χ3n) is 15.1. The smallest absolute Gasteiger partial charge is 0.463 e. The van der Waals surface area contributed by atoms with Crippen LogP contribution in [0.25, 0.3) is 0 Å². The van der Waals surface area contributed by atoms with Gasteiger partial charge in [0.1, 0.15) is 25.4 Å². The second-order valence-electron chi connectivity index (χ2n) is 24.0. The predicted octanol–water partition coefficient (Wildman–Crippen LogP) is 20.1. The Morgan fingerprint density at radius 1 is 0.319 bits per heavy atom. The number of carbonyl (C=O) groups excluding carboxylic acids is 3. The van der Waals surface area contributed by atoms with E-state index in [4.69, 9.17) is 32.3 Å². The highest BCUT2D eigenvalue weighted by molar-refractivity contribution is 7.47. The van der Waals surface area contributed by atoms with Gasteiger partial charge in [-0.25, -0.2) is 9.13 Å². The van der Waals surface area contributed by atoms with Crippen LogP contribution in [0.5, 0.6) is 0 Å². The lowest BCUT2D eigenvalue weighted by molar-refractivity contribution is -0.161. The lowest BCUT2D eigenvalue weighted by Gasteiger charge is -2.21. The van der Waals surface area contributed by atoms with Gasteiger partial charge in [-0.1, -0.05) is 273 Å². The molecule has 5 atom stereocenters. The Labute approximate surface area is 553 Å². The number of aliphatic hydroxyl groups is 2. The molecule has 0 saturated carbocycles. The van der Waals surface area contributed by atoms with Gasteiger partial charge in [0.15, 0.2) is 6.10 Å². The van der Waals surface area contributed by atoms with Crippen molar-refractivity contribution < 1.29 is 75.8 Å². The lowest BCUT2D eigenvalue weighted by atomic mass is 10.0. The van der Waals surface area contributed by atoms with Gasteiger partial charge in [-0.2, -0.15) is 0 Å². The monoisotopic (exact) mass is 1320 g/mol. The molecular formula is C73H130O16P2. The van der Waals surface area contributed by atoms with E-state index in [0.717, 1.165) is 135 Å². The Morgan fingerprint density at radius 2 is 0.582 bits per heavy atom. The van der Waals surface area contributed by atoms with E-state index in [1.165, 1.54) is 109 Å². The Kier molecular flexibility index (Phi) is 64.3. The van der Waals surface area contributed by atoms with Crippen molar-refractivity contribution in [3.05, 3.63) is 85.1 Å². The normalized spacial score (nSPS) is 14.7. The molecule has 0 aromatic rings. The Hall–Kier alpha value is -3.27. The van der Waals surface area contributed by atoms with Gasteiger partial charge in [0.2, 0.25) is 0 Å². The van der Waals surface area contributed by atoms with E-state index in [-0.39, 0.29) is 19.3 Å². The molecule has 0 aliphatic heterocycles.